The van der Waals surface area contributed by atoms with Crippen LogP contribution in [0.25, 0.3) is 10.8 Å². The van der Waals surface area contributed by atoms with Crippen molar-refractivity contribution in [3.05, 3.63) is 49.9 Å². The van der Waals surface area contributed by atoms with Gasteiger partial charge >= 0.3 is 0 Å². The van der Waals surface area contributed by atoms with Gasteiger partial charge in [0.2, 0.25) is 0 Å². The van der Waals surface area contributed by atoms with Gasteiger partial charge in [-0.25, -0.2) is 0 Å². The van der Waals surface area contributed by atoms with E-state index in [1.165, 1.54) is 10.8 Å². The zero-order valence-corrected chi connectivity index (χ0v) is 16.5. The first-order chi connectivity index (χ1) is 4.47. The molecule has 0 bridgehead atoms. The van der Waals surface area contributed by atoms with Crippen molar-refractivity contribution in [2.24, 2.45) is 0 Å². The van der Waals surface area contributed by atoms with Crippen molar-refractivity contribution in [2.45, 2.75) is 0 Å². The first-order valence-corrected chi connectivity index (χ1v) is 3.07. The van der Waals surface area contributed by atoms with Crippen molar-refractivity contribution in [3.63, 3.8) is 0 Å². The van der Waals surface area contributed by atoms with E-state index in [1.807, 2.05) is 0 Å². The van der Waals surface area contributed by atoms with Crippen LogP contribution in [0.4, 0.5) is 0 Å². The molecular formula is C10H13Br3Hf-2. The van der Waals surface area contributed by atoms with E-state index in [0.717, 1.165) is 0 Å². The molecule has 14 heavy (non-hydrogen) atoms. The molecule has 0 nitrogen and oxygen atoms in total. The maximum Gasteiger partial charge on any atom is 0 e. The minimum absolute atomic E-state index is 0. The molecule has 0 saturated heterocycles. The second-order valence-corrected chi connectivity index (χ2v) is 2.15. The fourth-order valence-electron chi connectivity index (χ4n) is 1.07. The van der Waals surface area contributed by atoms with Gasteiger partial charge in [0.25, 0.3) is 0 Å². The van der Waals surface area contributed by atoms with Gasteiger partial charge in [-0.05, 0) is 0 Å². The average molecular weight is 551 g/mol. The Bertz CT molecular complexity index is 289. The molecule has 0 atom stereocenters. The number of hydrogen-bond donors (Lipinski definition) is 0. The zero-order chi connectivity index (χ0) is 6.10. The second-order valence-electron chi connectivity index (χ2n) is 2.15. The van der Waals surface area contributed by atoms with Crippen LogP contribution in [0.5, 0.6) is 0 Å². The maximum atomic E-state index is 2.12. The zero-order valence-electron chi connectivity index (χ0n) is 7.77. The first kappa shape index (κ1) is 24.4. The second kappa shape index (κ2) is 12.2. The molecule has 2 aromatic carbocycles. The predicted molar refractivity (Wildman–Crippen MR) is 76.9 cm³/mol. The van der Waals surface area contributed by atoms with Crippen LogP contribution >= 0.6 is 50.9 Å². The van der Waals surface area contributed by atoms with E-state index in [4.69, 9.17) is 0 Å². The topological polar surface area (TPSA) is 0 Å². The molecule has 0 fully saturated rings. The first-order valence-electron chi connectivity index (χ1n) is 3.07. The van der Waals surface area contributed by atoms with Crippen LogP contribution in [-0.2, 0) is 25.8 Å². The molecule has 0 spiro atoms. The third-order valence-corrected chi connectivity index (χ3v) is 1.55. The van der Waals surface area contributed by atoms with E-state index in [9.17, 15) is 0 Å². The molecular weight excluding hydrogens is 538 g/mol. The fourth-order valence-corrected chi connectivity index (χ4v) is 1.07. The molecule has 80 valence electrons. The van der Waals surface area contributed by atoms with Gasteiger partial charge in [-0.3, -0.25) is 0 Å². The largest absolute Gasteiger partial charge is 0.358 e. The minimum atomic E-state index is 0. The van der Waals surface area contributed by atoms with E-state index >= 15 is 0 Å². The summed E-state index contributed by atoms with van der Waals surface area (Å²) in [4.78, 5) is 0. The van der Waals surface area contributed by atoms with Crippen LogP contribution in [0.1, 0.15) is 0 Å². The Morgan fingerprint density at radius 3 is 2.00 bits per heavy atom. The number of fused-ring (bicyclic) bond motifs is 1. The molecule has 0 unspecified atom stereocenters. The molecule has 2 rings (SSSR count). The molecule has 0 aliphatic carbocycles. The Kier molecular flexibility index (Phi) is 21.3. The van der Waals surface area contributed by atoms with Gasteiger partial charge < -0.3 is 7.43 Å². The molecule has 0 aliphatic rings. The fraction of sp³-hybridized carbons (Fsp3) is 0. The third-order valence-electron chi connectivity index (χ3n) is 1.55. The summed E-state index contributed by atoms with van der Waals surface area (Å²) >= 11 is 0. The summed E-state index contributed by atoms with van der Waals surface area (Å²) in [5.74, 6) is 0. The van der Waals surface area contributed by atoms with E-state index in [2.05, 4.69) is 42.5 Å². The van der Waals surface area contributed by atoms with Gasteiger partial charge in [-0.1, -0.05) is 6.07 Å². The molecule has 0 heterocycles. The standard InChI is InChI=1S/C9H7.CH3.3BrH.Hf/c1-2-5-9-7-3-6-8(9)4-1;;;;;/h1-7H;1H3;3*1H;/q2*-1;;;;. The van der Waals surface area contributed by atoms with Crippen LogP contribution in [0, 0.1) is 7.43 Å². The van der Waals surface area contributed by atoms with Gasteiger partial charge in [0.1, 0.15) is 0 Å². The van der Waals surface area contributed by atoms with E-state index in [0.29, 0.717) is 0 Å². The van der Waals surface area contributed by atoms with Crippen molar-refractivity contribution in [3.8, 4) is 0 Å². The van der Waals surface area contributed by atoms with Crippen LogP contribution in [0.15, 0.2) is 42.5 Å². The van der Waals surface area contributed by atoms with Gasteiger partial charge in [-0.15, -0.1) is 80.6 Å². The summed E-state index contributed by atoms with van der Waals surface area (Å²) in [6.45, 7) is 0. The van der Waals surface area contributed by atoms with Crippen LogP contribution in [0.2, 0.25) is 0 Å². The average Bonchev–Trinajstić information content (AvgIpc) is 2.33. The summed E-state index contributed by atoms with van der Waals surface area (Å²) in [6.07, 6.45) is 0. The van der Waals surface area contributed by atoms with Crippen molar-refractivity contribution >= 4 is 61.7 Å². The summed E-state index contributed by atoms with van der Waals surface area (Å²) in [7, 11) is 0. The van der Waals surface area contributed by atoms with E-state index in [1.54, 1.807) is 0 Å². The quantitative estimate of drug-likeness (QED) is 0.328. The summed E-state index contributed by atoms with van der Waals surface area (Å²) in [6, 6.07) is 14.7. The van der Waals surface area contributed by atoms with E-state index < -0.39 is 0 Å². The molecule has 0 N–H and O–H groups in total. The molecule has 0 aromatic heterocycles. The number of rotatable bonds is 0. The normalized spacial score (nSPS) is 6.57. The molecule has 2 aromatic rings. The summed E-state index contributed by atoms with van der Waals surface area (Å²) in [5.41, 5.74) is 0. The molecule has 0 radical (unpaired) electrons. The number of halogens is 3. The van der Waals surface area contributed by atoms with Crippen molar-refractivity contribution < 1.29 is 25.8 Å². The SMILES string of the molecule is Br.Br.Br.[CH3-].[Hf].c1ccc2[cH-]ccc2c1. The maximum absolute atomic E-state index is 2.12. The minimum Gasteiger partial charge on any atom is -0.358 e. The van der Waals surface area contributed by atoms with Gasteiger partial charge in [-0.2, -0.15) is 17.5 Å². The van der Waals surface area contributed by atoms with Gasteiger partial charge in [0.15, 0.2) is 0 Å². The van der Waals surface area contributed by atoms with Crippen LogP contribution < -0.4 is 0 Å². The number of benzene rings is 1. The Morgan fingerprint density at radius 2 is 1.43 bits per heavy atom. The monoisotopic (exact) mass is 550 g/mol. The smallest absolute Gasteiger partial charge is 0 e. The van der Waals surface area contributed by atoms with Gasteiger partial charge in [0.05, 0.1) is 0 Å². The Labute approximate surface area is 136 Å². The van der Waals surface area contributed by atoms with Crippen LogP contribution in [0.3, 0.4) is 0 Å². The summed E-state index contributed by atoms with van der Waals surface area (Å²) < 4.78 is 0. The van der Waals surface area contributed by atoms with Crippen molar-refractivity contribution in [1.29, 1.82) is 0 Å². The Morgan fingerprint density at radius 1 is 0.857 bits per heavy atom. The summed E-state index contributed by atoms with van der Waals surface area (Å²) in [5, 5.41) is 2.66. The third kappa shape index (κ3) is 5.89. The van der Waals surface area contributed by atoms with Crippen molar-refractivity contribution in [2.75, 3.05) is 0 Å². The Balaban J connectivity index is -0.0000001000. The Hall–Kier alpha value is 1.14. The molecule has 0 aliphatic heterocycles. The molecule has 0 amide bonds. The molecule has 4 heteroatoms. The van der Waals surface area contributed by atoms with Gasteiger partial charge in [0, 0.05) is 25.8 Å². The van der Waals surface area contributed by atoms with Crippen molar-refractivity contribution in [1.82, 2.24) is 0 Å². The molecule has 0 saturated carbocycles. The number of hydrogen-bond acceptors (Lipinski definition) is 0. The van der Waals surface area contributed by atoms with E-state index in [-0.39, 0.29) is 84.2 Å². The van der Waals surface area contributed by atoms with Crippen LogP contribution in [-0.4, -0.2) is 0 Å². The predicted octanol–water partition coefficient (Wildman–Crippen LogP) is 4.74.